The average Bonchev–Trinajstić information content (AvgIpc) is 3.09. The summed E-state index contributed by atoms with van der Waals surface area (Å²) in [6.07, 6.45) is 3.47. The zero-order valence-corrected chi connectivity index (χ0v) is 13.3. The number of nitrogens with zero attached hydrogens (tertiary/aromatic N) is 2. The van der Waals surface area contributed by atoms with E-state index in [0.29, 0.717) is 17.9 Å². The summed E-state index contributed by atoms with van der Waals surface area (Å²) >= 11 is 1.55. The van der Waals surface area contributed by atoms with Gasteiger partial charge in [-0.1, -0.05) is 6.07 Å². The molecule has 23 heavy (non-hydrogen) atoms. The van der Waals surface area contributed by atoms with Crippen molar-refractivity contribution in [3.63, 3.8) is 0 Å². The molecule has 0 aliphatic rings. The van der Waals surface area contributed by atoms with Crippen LogP contribution in [0.3, 0.4) is 0 Å². The Hall–Kier alpha value is -2.73. The molecule has 3 aromatic rings. The maximum Gasteiger partial charge on any atom is 0.251 e. The number of rotatable bonds is 5. The van der Waals surface area contributed by atoms with Gasteiger partial charge in [-0.3, -0.25) is 9.78 Å². The molecule has 0 fully saturated rings. The maximum atomic E-state index is 12.2. The molecular formula is C17H15N3O2S. The first-order valence-electron chi connectivity index (χ1n) is 7.03. The van der Waals surface area contributed by atoms with Gasteiger partial charge in [-0.2, -0.15) is 0 Å². The second-order valence-corrected chi connectivity index (χ2v) is 5.65. The number of aromatic nitrogens is 2. The molecule has 1 amide bonds. The Kier molecular flexibility index (Phi) is 4.63. The van der Waals surface area contributed by atoms with Gasteiger partial charge in [-0.05, 0) is 30.3 Å². The fourth-order valence-electron chi connectivity index (χ4n) is 2.05. The van der Waals surface area contributed by atoms with Crippen molar-refractivity contribution in [2.75, 3.05) is 7.11 Å². The second kappa shape index (κ2) is 7.02. The Morgan fingerprint density at radius 1 is 1.26 bits per heavy atom. The SMILES string of the molecule is COc1cccc(C(=O)NCc2csc(-c3ccncc3)n2)c1. The summed E-state index contributed by atoms with van der Waals surface area (Å²) in [4.78, 5) is 20.7. The molecule has 0 aliphatic carbocycles. The third kappa shape index (κ3) is 3.73. The van der Waals surface area contributed by atoms with Crippen LogP contribution in [0.25, 0.3) is 10.6 Å². The molecular weight excluding hydrogens is 310 g/mol. The highest BCUT2D eigenvalue weighted by atomic mass is 32.1. The first-order valence-corrected chi connectivity index (χ1v) is 7.91. The molecule has 116 valence electrons. The van der Waals surface area contributed by atoms with Gasteiger partial charge in [0.25, 0.3) is 5.91 Å². The quantitative estimate of drug-likeness (QED) is 0.783. The Morgan fingerprint density at radius 3 is 2.87 bits per heavy atom. The molecule has 0 saturated heterocycles. The number of hydrogen-bond acceptors (Lipinski definition) is 5. The zero-order chi connectivity index (χ0) is 16.1. The van der Waals surface area contributed by atoms with Gasteiger partial charge >= 0.3 is 0 Å². The van der Waals surface area contributed by atoms with Gasteiger partial charge in [-0.25, -0.2) is 4.98 Å². The summed E-state index contributed by atoms with van der Waals surface area (Å²) in [6, 6.07) is 10.9. The van der Waals surface area contributed by atoms with Crippen molar-refractivity contribution < 1.29 is 9.53 Å². The summed E-state index contributed by atoms with van der Waals surface area (Å²) in [5, 5.41) is 5.73. The fraction of sp³-hybridized carbons (Fsp3) is 0.118. The van der Waals surface area contributed by atoms with Crippen LogP contribution < -0.4 is 10.1 Å². The van der Waals surface area contributed by atoms with E-state index in [9.17, 15) is 4.79 Å². The van der Waals surface area contributed by atoms with Gasteiger partial charge in [0.05, 0.1) is 19.3 Å². The van der Waals surface area contributed by atoms with E-state index in [0.717, 1.165) is 16.3 Å². The standard InChI is InChI=1S/C17H15N3O2S/c1-22-15-4-2-3-13(9-15)16(21)19-10-14-11-23-17(20-14)12-5-7-18-8-6-12/h2-9,11H,10H2,1H3,(H,19,21). The molecule has 2 aromatic heterocycles. The van der Waals surface area contributed by atoms with Gasteiger partial charge in [0.1, 0.15) is 10.8 Å². The van der Waals surface area contributed by atoms with Crippen molar-refractivity contribution in [2.24, 2.45) is 0 Å². The summed E-state index contributed by atoms with van der Waals surface area (Å²) < 4.78 is 5.12. The number of benzene rings is 1. The fourth-order valence-corrected chi connectivity index (χ4v) is 2.88. The predicted octanol–water partition coefficient (Wildman–Crippen LogP) is 3.14. The average molecular weight is 325 g/mol. The molecule has 6 heteroatoms. The van der Waals surface area contributed by atoms with Gasteiger partial charge in [0, 0.05) is 28.9 Å². The smallest absolute Gasteiger partial charge is 0.251 e. The lowest BCUT2D eigenvalue weighted by Crippen LogP contribution is -2.22. The number of thiazole rings is 1. The molecule has 1 aromatic carbocycles. The Morgan fingerprint density at radius 2 is 2.09 bits per heavy atom. The van der Waals surface area contributed by atoms with Crippen molar-refractivity contribution in [1.29, 1.82) is 0 Å². The van der Waals surface area contributed by atoms with Gasteiger partial charge in [0.2, 0.25) is 0 Å². The first kappa shape index (κ1) is 15.2. The van der Waals surface area contributed by atoms with Crippen LogP contribution in [0.15, 0.2) is 54.2 Å². The summed E-state index contributed by atoms with van der Waals surface area (Å²) in [7, 11) is 1.58. The van der Waals surface area contributed by atoms with Gasteiger partial charge < -0.3 is 10.1 Å². The molecule has 0 radical (unpaired) electrons. The molecule has 3 rings (SSSR count). The minimum absolute atomic E-state index is 0.151. The van der Waals surface area contributed by atoms with E-state index in [4.69, 9.17) is 4.74 Å². The number of ether oxygens (including phenoxy) is 1. The number of nitrogens with one attached hydrogen (secondary N) is 1. The van der Waals surface area contributed by atoms with Crippen LogP contribution in [0.1, 0.15) is 16.1 Å². The van der Waals surface area contributed by atoms with Crippen molar-refractivity contribution in [3.8, 4) is 16.3 Å². The first-order chi connectivity index (χ1) is 11.3. The monoisotopic (exact) mass is 325 g/mol. The number of pyridine rings is 1. The molecule has 0 unspecified atom stereocenters. The topological polar surface area (TPSA) is 64.1 Å². The zero-order valence-electron chi connectivity index (χ0n) is 12.5. The maximum absolute atomic E-state index is 12.2. The van der Waals surface area contributed by atoms with Gasteiger partial charge in [0.15, 0.2) is 0 Å². The Labute approximate surface area is 138 Å². The molecule has 5 nitrogen and oxygen atoms in total. The number of carbonyl (C=O) groups is 1. The Bertz CT molecular complexity index is 802. The van der Waals surface area contributed by atoms with E-state index in [1.54, 1.807) is 55.1 Å². The third-order valence-corrected chi connectivity index (χ3v) is 4.18. The van der Waals surface area contributed by atoms with Crippen molar-refractivity contribution in [2.45, 2.75) is 6.54 Å². The summed E-state index contributed by atoms with van der Waals surface area (Å²) in [6.45, 7) is 0.387. The molecule has 0 bridgehead atoms. The molecule has 0 atom stereocenters. The lowest BCUT2D eigenvalue weighted by Gasteiger charge is -2.05. The van der Waals surface area contributed by atoms with Crippen LogP contribution in [0.4, 0.5) is 0 Å². The highest BCUT2D eigenvalue weighted by Crippen LogP contribution is 2.22. The molecule has 2 heterocycles. The van der Waals surface area contributed by atoms with E-state index in [2.05, 4.69) is 15.3 Å². The highest BCUT2D eigenvalue weighted by molar-refractivity contribution is 7.13. The van der Waals surface area contributed by atoms with E-state index in [1.807, 2.05) is 17.5 Å². The van der Waals surface area contributed by atoms with Crippen LogP contribution in [0, 0.1) is 0 Å². The third-order valence-electron chi connectivity index (χ3n) is 3.24. The van der Waals surface area contributed by atoms with Crippen LogP contribution in [0.5, 0.6) is 5.75 Å². The van der Waals surface area contributed by atoms with Crippen LogP contribution in [-0.4, -0.2) is 23.0 Å². The van der Waals surface area contributed by atoms with Crippen molar-refractivity contribution >= 4 is 17.2 Å². The van der Waals surface area contributed by atoms with Crippen molar-refractivity contribution in [3.05, 3.63) is 65.4 Å². The number of amides is 1. The normalized spacial score (nSPS) is 10.3. The molecule has 0 aliphatic heterocycles. The van der Waals surface area contributed by atoms with E-state index in [1.165, 1.54) is 0 Å². The van der Waals surface area contributed by atoms with E-state index < -0.39 is 0 Å². The number of carbonyl (C=O) groups excluding carboxylic acids is 1. The molecule has 0 spiro atoms. The van der Waals surface area contributed by atoms with Crippen LogP contribution in [0.2, 0.25) is 0 Å². The second-order valence-electron chi connectivity index (χ2n) is 4.79. The van der Waals surface area contributed by atoms with Crippen molar-refractivity contribution in [1.82, 2.24) is 15.3 Å². The lowest BCUT2D eigenvalue weighted by atomic mass is 10.2. The number of hydrogen-bond donors (Lipinski definition) is 1. The summed E-state index contributed by atoms with van der Waals surface area (Å²) in [5.41, 5.74) is 2.42. The van der Waals surface area contributed by atoms with Gasteiger partial charge in [-0.15, -0.1) is 11.3 Å². The van der Waals surface area contributed by atoms with Crippen LogP contribution >= 0.6 is 11.3 Å². The van der Waals surface area contributed by atoms with E-state index in [-0.39, 0.29) is 5.91 Å². The number of methoxy groups -OCH3 is 1. The largest absolute Gasteiger partial charge is 0.497 e. The minimum Gasteiger partial charge on any atom is -0.497 e. The highest BCUT2D eigenvalue weighted by Gasteiger charge is 2.09. The lowest BCUT2D eigenvalue weighted by molar-refractivity contribution is 0.0950. The molecule has 1 N–H and O–H groups in total. The Balaban J connectivity index is 1.64. The van der Waals surface area contributed by atoms with E-state index >= 15 is 0 Å². The molecule has 0 saturated carbocycles. The minimum atomic E-state index is -0.151. The predicted molar refractivity (Wildman–Crippen MR) is 89.5 cm³/mol. The van der Waals surface area contributed by atoms with Crippen LogP contribution in [-0.2, 0) is 6.54 Å². The summed E-state index contributed by atoms with van der Waals surface area (Å²) in [5.74, 6) is 0.508.